The fraction of sp³-hybridized carbons (Fsp3) is 0.476. The van der Waals surface area contributed by atoms with E-state index in [1.165, 1.54) is 27.2 Å². The van der Waals surface area contributed by atoms with E-state index in [4.69, 9.17) is 0 Å². The second-order valence-corrected chi connectivity index (χ2v) is 10.00. The van der Waals surface area contributed by atoms with Gasteiger partial charge in [-0.15, -0.1) is 0 Å². The summed E-state index contributed by atoms with van der Waals surface area (Å²) in [5.41, 5.74) is 1.11. The van der Waals surface area contributed by atoms with Crippen molar-refractivity contribution in [2.45, 2.75) is 37.6 Å². The van der Waals surface area contributed by atoms with Gasteiger partial charge in [0.1, 0.15) is 0 Å². The van der Waals surface area contributed by atoms with E-state index in [0.29, 0.717) is 38.3 Å². The van der Waals surface area contributed by atoms with Crippen LogP contribution in [0.15, 0.2) is 46.1 Å². The van der Waals surface area contributed by atoms with E-state index < -0.39 is 10.0 Å². The summed E-state index contributed by atoms with van der Waals surface area (Å²) in [4.78, 5) is 26.5. The number of carbonyl (C=O) groups is 1. The molecule has 0 bridgehead atoms. The smallest absolute Gasteiger partial charge is 0.266 e. The van der Waals surface area contributed by atoms with Crippen LogP contribution in [0.25, 0.3) is 0 Å². The maximum absolute atomic E-state index is 12.7. The Morgan fingerprint density at radius 3 is 2.37 bits per heavy atom. The third-order valence-corrected chi connectivity index (χ3v) is 7.64. The zero-order valence-electron chi connectivity index (χ0n) is 17.0. The van der Waals surface area contributed by atoms with Crippen LogP contribution in [0.2, 0.25) is 0 Å². The minimum atomic E-state index is -3.50. The quantitative estimate of drug-likeness (QED) is 0.717. The Hall–Kier alpha value is -2.52. The highest BCUT2D eigenvalue weighted by molar-refractivity contribution is 7.89. The molecule has 0 atom stereocenters. The molecule has 1 aromatic carbocycles. The Labute approximate surface area is 176 Å². The van der Waals surface area contributed by atoms with Gasteiger partial charge in [-0.3, -0.25) is 9.59 Å². The number of hydrogen-bond donors (Lipinski definition) is 0. The Bertz CT molecular complexity index is 1080. The van der Waals surface area contributed by atoms with Gasteiger partial charge in [0.25, 0.3) is 11.5 Å². The van der Waals surface area contributed by atoms with Crippen molar-refractivity contribution in [3.63, 3.8) is 0 Å². The van der Waals surface area contributed by atoms with Crippen LogP contribution in [0.1, 0.15) is 35.3 Å². The molecular formula is C21H26N4O4S. The first-order valence-corrected chi connectivity index (χ1v) is 11.7. The number of benzene rings is 1. The van der Waals surface area contributed by atoms with Crippen molar-refractivity contribution in [1.29, 1.82) is 0 Å². The van der Waals surface area contributed by atoms with E-state index in [-0.39, 0.29) is 22.3 Å². The lowest BCUT2D eigenvalue weighted by atomic mass is 9.99. The van der Waals surface area contributed by atoms with Gasteiger partial charge in [-0.2, -0.15) is 9.40 Å². The van der Waals surface area contributed by atoms with Crippen molar-refractivity contribution in [3.8, 4) is 0 Å². The van der Waals surface area contributed by atoms with E-state index in [2.05, 4.69) is 5.10 Å². The van der Waals surface area contributed by atoms with Crippen molar-refractivity contribution >= 4 is 15.9 Å². The van der Waals surface area contributed by atoms with Crippen LogP contribution < -0.4 is 5.56 Å². The first-order chi connectivity index (χ1) is 14.3. The minimum Gasteiger partial charge on any atom is -0.338 e. The van der Waals surface area contributed by atoms with Gasteiger partial charge in [-0.1, -0.05) is 6.42 Å². The average molecular weight is 431 g/mol. The van der Waals surface area contributed by atoms with E-state index >= 15 is 0 Å². The molecule has 30 heavy (non-hydrogen) atoms. The number of rotatable bonds is 5. The first-order valence-electron chi connectivity index (χ1n) is 10.3. The molecule has 0 radical (unpaired) electrons. The molecule has 1 aromatic heterocycles. The number of amides is 1. The Morgan fingerprint density at radius 1 is 1.03 bits per heavy atom. The second-order valence-electron chi connectivity index (χ2n) is 8.06. The van der Waals surface area contributed by atoms with Gasteiger partial charge < -0.3 is 4.90 Å². The number of aromatic nitrogens is 2. The van der Waals surface area contributed by atoms with Gasteiger partial charge in [0.05, 0.1) is 17.1 Å². The summed E-state index contributed by atoms with van der Waals surface area (Å²) in [5.74, 6) is 0.0532. The molecule has 9 heteroatoms. The van der Waals surface area contributed by atoms with Crippen LogP contribution in [0.5, 0.6) is 0 Å². The number of sulfonamides is 1. The van der Waals surface area contributed by atoms with Crippen LogP contribution in [0.3, 0.4) is 0 Å². The van der Waals surface area contributed by atoms with Crippen molar-refractivity contribution < 1.29 is 13.2 Å². The van der Waals surface area contributed by atoms with Gasteiger partial charge in [0.2, 0.25) is 10.0 Å². The van der Waals surface area contributed by atoms with Crippen molar-refractivity contribution in [1.82, 2.24) is 19.0 Å². The molecule has 8 nitrogen and oxygen atoms in total. The molecule has 2 saturated heterocycles. The summed E-state index contributed by atoms with van der Waals surface area (Å²) in [6, 6.07) is 9.39. The number of aryl methyl sites for hydroxylation is 1. The van der Waals surface area contributed by atoms with Gasteiger partial charge >= 0.3 is 0 Å². The number of likely N-dealkylation sites (tertiary alicyclic amines) is 1. The molecule has 0 aliphatic carbocycles. The maximum atomic E-state index is 12.7. The number of hydrogen-bond acceptors (Lipinski definition) is 5. The average Bonchev–Trinajstić information content (AvgIpc) is 2.73. The van der Waals surface area contributed by atoms with Crippen LogP contribution in [0, 0.1) is 12.8 Å². The van der Waals surface area contributed by atoms with E-state index in [1.54, 1.807) is 23.1 Å². The molecule has 1 amide bonds. The highest BCUT2D eigenvalue weighted by atomic mass is 32.2. The van der Waals surface area contributed by atoms with Crippen molar-refractivity contribution in [2.75, 3.05) is 26.2 Å². The Morgan fingerprint density at radius 2 is 1.70 bits per heavy atom. The number of piperidine rings is 1. The lowest BCUT2D eigenvalue weighted by Gasteiger charge is -2.39. The molecule has 2 aliphatic rings. The SMILES string of the molecule is Cc1ccc(=O)n(CC2CN(C(=O)c3ccc(S(=O)(=O)N4CCCCC4)cc3)C2)n1. The molecular weight excluding hydrogens is 404 g/mol. The standard InChI is InChI=1S/C21H26N4O4S/c1-16-5-10-20(26)25(22-16)15-17-13-23(14-17)21(27)18-6-8-19(9-7-18)30(28,29)24-11-3-2-4-12-24/h5-10,17H,2-4,11-15H2,1H3. The van der Waals surface area contributed by atoms with Crippen LogP contribution in [0.4, 0.5) is 0 Å². The zero-order chi connectivity index (χ0) is 21.3. The van der Waals surface area contributed by atoms with Gasteiger partial charge in [0.15, 0.2) is 0 Å². The number of nitrogens with zero attached hydrogens (tertiary/aromatic N) is 4. The molecule has 2 aromatic rings. The number of carbonyl (C=O) groups excluding carboxylic acids is 1. The predicted molar refractivity (Wildman–Crippen MR) is 112 cm³/mol. The summed E-state index contributed by atoms with van der Waals surface area (Å²) in [6.45, 7) is 4.52. The molecule has 3 heterocycles. The highest BCUT2D eigenvalue weighted by Gasteiger charge is 2.32. The maximum Gasteiger partial charge on any atom is 0.266 e. The van der Waals surface area contributed by atoms with Crippen molar-refractivity contribution in [2.24, 2.45) is 5.92 Å². The normalized spacial score (nSPS) is 18.2. The molecule has 0 N–H and O–H groups in total. The largest absolute Gasteiger partial charge is 0.338 e. The summed E-state index contributed by atoms with van der Waals surface area (Å²) < 4.78 is 28.4. The topological polar surface area (TPSA) is 92.6 Å². The highest BCUT2D eigenvalue weighted by Crippen LogP contribution is 2.23. The fourth-order valence-corrected chi connectivity index (χ4v) is 5.50. The van der Waals surface area contributed by atoms with Gasteiger partial charge in [0, 0.05) is 43.7 Å². The van der Waals surface area contributed by atoms with E-state index in [0.717, 1.165) is 25.0 Å². The first kappa shape index (κ1) is 20.7. The fourth-order valence-electron chi connectivity index (χ4n) is 3.98. The molecule has 2 aliphatic heterocycles. The van der Waals surface area contributed by atoms with Gasteiger partial charge in [-0.25, -0.2) is 13.1 Å². The lowest BCUT2D eigenvalue weighted by Crippen LogP contribution is -2.52. The van der Waals surface area contributed by atoms with Crippen molar-refractivity contribution in [3.05, 3.63) is 58.0 Å². The summed E-state index contributed by atoms with van der Waals surface area (Å²) >= 11 is 0. The predicted octanol–water partition coefficient (Wildman–Crippen LogP) is 1.50. The lowest BCUT2D eigenvalue weighted by molar-refractivity contribution is 0.0458. The molecule has 0 spiro atoms. The molecule has 0 unspecified atom stereocenters. The molecule has 160 valence electrons. The van der Waals surface area contributed by atoms with Gasteiger partial charge in [-0.05, 0) is 50.1 Å². The second kappa shape index (κ2) is 8.31. The summed E-state index contributed by atoms with van der Waals surface area (Å²) in [5, 5.41) is 4.23. The third-order valence-electron chi connectivity index (χ3n) is 5.73. The molecule has 0 saturated carbocycles. The zero-order valence-corrected chi connectivity index (χ0v) is 17.8. The van der Waals surface area contributed by atoms with Crippen LogP contribution in [-0.4, -0.2) is 59.5 Å². The summed E-state index contributed by atoms with van der Waals surface area (Å²) in [6.07, 6.45) is 2.83. The minimum absolute atomic E-state index is 0.127. The monoisotopic (exact) mass is 430 g/mol. The third kappa shape index (κ3) is 4.17. The van der Waals surface area contributed by atoms with Crippen LogP contribution >= 0.6 is 0 Å². The molecule has 4 rings (SSSR count). The summed E-state index contributed by atoms with van der Waals surface area (Å²) in [7, 11) is -3.50. The molecule has 2 fully saturated rings. The Kier molecular flexibility index (Phi) is 5.75. The van der Waals surface area contributed by atoms with E-state index in [1.807, 2.05) is 6.92 Å². The Balaban J connectivity index is 1.37. The van der Waals surface area contributed by atoms with E-state index in [9.17, 15) is 18.0 Å². The van der Waals surface area contributed by atoms with Crippen LogP contribution in [-0.2, 0) is 16.6 Å².